The predicted octanol–water partition coefficient (Wildman–Crippen LogP) is -0.383. The van der Waals surface area contributed by atoms with Crippen LogP contribution in [0.1, 0.15) is 12.6 Å². The summed E-state index contributed by atoms with van der Waals surface area (Å²) in [6, 6.07) is 4.36. The Morgan fingerprint density at radius 3 is 2.73 bits per heavy atom. The van der Waals surface area contributed by atoms with Crippen molar-refractivity contribution in [2.75, 3.05) is 32.2 Å². The number of halogens is 1. The topological polar surface area (TPSA) is 226 Å². The predicted molar refractivity (Wildman–Crippen MR) is 170 cm³/mol. The summed E-state index contributed by atoms with van der Waals surface area (Å²) in [4.78, 5) is 73.4. The van der Waals surface area contributed by atoms with Gasteiger partial charge >= 0.3 is 12.1 Å². The molecule has 4 N–H and O–H groups in total. The van der Waals surface area contributed by atoms with Gasteiger partial charge in [0.1, 0.15) is 33.6 Å². The minimum Gasteiger partial charge on any atom is -0.543 e. The molecule has 2 aliphatic rings. The van der Waals surface area contributed by atoms with Crippen LogP contribution in [-0.4, -0.2) is 104 Å². The Labute approximate surface area is 285 Å². The first-order chi connectivity index (χ1) is 22.8. The van der Waals surface area contributed by atoms with Crippen molar-refractivity contribution >= 4 is 86.4 Å². The summed E-state index contributed by atoms with van der Waals surface area (Å²) < 4.78 is 8.94. The third-order valence-electron chi connectivity index (χ3n) is 7.32. The number of hydrogen-bond donors (Lipinski definition) is 3. The number of thiazole rings is 1. The molecule has 0 bridgehead atoms. The summed E-state index contributed by atoms with van der Waals surface area (Å²) in [5.74, 6) is -4.38. The van der Waals surface area contributed by atoms with Crippen LogP contribution in [0, 0.1) is 0 Å². The van der Waals surface area contributed by atoms with Gasteiger partial charge in [0.05, 0.1) is 18.2 Å². The Balaban J connectivity index is 1.34. The van der Waals surface area contributed by atoms with E-state index < -0.39 is 53.1 Å². The number of carboxylic acid groups (broad SMARTS) is 2. The minimum absolute atomic E-state index is 0.00224. The number of hydrogen-bond acceptors (Lipinski definition) is 13. The Bertz CT molecular complexity index is 1870. The molecule has 17 nitrogen and oxygen atoms in total. The van der Waals surface area contributed by atoms with Crippen LogP contribution < -0.4 is 20.7 Å². The number of oxime groups is 1. The molecule has 5 rings (SSSR count). The van der Waals surface area contributed by atoms with E-state index in [0.29, 0.717) is 12.1 Å². The molecule has 254 valence electrons. The number of amides is 3. The summed E-state index contributed by atoms with van der Waals surface area (Å²) >= 11 is 8.25. The molecule has 0 saturated carbocycles. The van der Waals surface area contributed by atoms with E-state index in [2.05, 4.69) is 15.5 Å². The largest absolute Gasteiger partial charge is 0.543 e. The summed E-state index contributed by atoms with van der Waals surface area (Å²) in [6.45, 7) is 1.86. The molecule has 2 aliphatic heterocycles. The molecule has 48 heavy (non-hydrogen) atoms. The number of nitrogen functional groups attached to an aromatic ring is 1. The molecule has 1 saturated heterocycles. The van der Waals surface area contributed by atoms with Crippen LogP contribution in [0.2, 0.25) is 4.34 Å². The molecule has 20 heteroatoms. The van der Waals surface area contributed by atoms with E-state index in [9.17, 15) is 29.1 Å². The zero-order chi connectivity index (χ0) is 34.9. The molecule has 5 heterocycles. The molecule has 0 radical (unpaired) electrons. The lowest BCUT2D eigenvalue weighted by molar-refractivity contribution is -0.663. The van der Waals surface area contributed by atoms with E-state index in [1.54, 1.807) is 26.4 Å². The number of carboxylic acids is 2. The highest BCUT2D eigenvalue weighted by atomic mass is 35.5. The number of pyridine rings is 1. The fourth-order valence-corrected chi connectivity index (χ4v) is 7.21. The third-order valence-corrected chi connectivity index (χ3v) is 9.74. The monoisotopic (exact) mass is 720 g/mol. The van der Waals surface area contributed by atoms with Gasteiger partial charge in [0.2, 0.25) is 11.6 Å². The van der Waals surface area contributed by atoms with Gasteiger partial charge in [-0.3, -0.25) is 14.5 Å². The first kappa shape index (κ1) is 34.5. The summed E-state index contributed by atoms with van der Waals surface area (Å²) in [5.41, 5.74) is 6.73. The van der Waals surface area contributed by atoms with Crippen molar-refractivity contribution < 1.29 is 48.3 Å². The average molecular weight is 721 g/mol. The number of rotatable bonds is 12. The number of fused-ring (bicyclic) bond motifs is 2. The maximum absolute atomic E-state index is 13.4. The van der Waals surface area contributed by atoms with Crippen LogP contribution in [0.15, 0.2) is 47.0 Å². The SMILES string of the molecule is C[C@H](O/N=C(\C(=O)N[C@@H]1C(=O)N2C(C(=O)[O-])=C(C[n+]3cccc4c3ccn4CCOC(=O)N(C)C)CS[C@H]12)c1nc(N)sc1Cl)C(=O)O. The molecular weight excluding hydrogens is 692 g/mol. The van der Waals surface area contributed by atoms with Crippen LogP contribution >= 0.6 is 34.7 Å². The second kappa shape index (κ2) is 14.1. The quantitative estimate of drug-likeness (QED) is 0.0942. The van der Waals surface area contributed by atoms with Gasteiger partial charge < -0.3 is 45.1 Å². The van der Waals surface area contributed by atoms with Gasteiger partial charge in [-0.15, -0.1) is 11.8 Å². The molecule has 3 atom stereocenters. The number of thioether (sulfide) groups is 1. The maximum Gasteiger partial charge on any atom is 0.409 e. The lowest BCUT2D eigenvalue weighted by atomic mass is 10.0. The van der Waals surface area contributed by atoms with E-state index in [1.807, 2.05) is 27.5 Å². The number of nitrogens with one attached hydrogen (secondary N) is 1. The second-order valence-electron chi connectivity index (χ2n) is 10.7. The Kier molecular flexibility index (Phi) is 10.1. The molecule has 1 fully saturated rings. The Hall–Kier alpha value is -4.88. The molecule has 0 aliphatic carbocycles. The van der Waals surface area contributed by atoms with Crippen molar-refractivity contribution in [3.8, 4) is 0 Å². The Morgan fingerprint density at radius 1 is 1.33 bits per heavy atom. The van der Waals surface area contributed by atoms with Gasteiger partial charge in [0, 0.05) is 43.8 Å². The number of nitrogens with zero attached hydrogens (tertiary/aromatic N) is 6. The van der Waals surface area contributed by atoms with Crippen molar-refractivity contribution in [3.05, 3.63) is 51.9 Å². The standard InChI is InChI=1S/C28H29ClN8O9S2/c1-13(25(40)41)46-33-18(17-21(29)48-27(30)32-17)22(38)31-19-23(39)37-20(26(42)43)14(12-47-24(19)37)11-36-7-4-5-15-16(36)6-8-35(15)9-10-45-28(44)34(2)3/h4-8,13,19,24H,9-12H2,1-3H3,(H4-,30,31,32,38,40,41,42,43)/b33-18-/t13-,19+,24+/m0/s1. The summed E-state index contributed by atoms with van der Waals surface area (Å²) in [7, 11) is 3.18. The smallest absolute Gasteiger partial charge is 0.409 e. The highest BCUT2D eigenvalue weighted by molar-refractivity contribution is 8.00. The number of ether oxygens (including phenoxy) is 1. The van der Waals surface area contributed by atoms with Crippen LogP contribution in [0.4, 0.5) is 9.93 Å². The zero-order valence-corrected chi connectivity index (χ0v) is 28.0. The van der Waals surface area contributed by atoms with E-state index in [-0.39, 0.29) is 39.8 Å². The van der Waals surface area contributed by atoms with Gasteiger partial charge in [0.25, 0.3) is 11.8 Å². The van der Waals surface area contributed by atoms with Gasteiger partial charge in [-0.2, -0.15) is 4.57 Å². The number of β-lactam (4-membered cyclic amide) rings is 1. The van der Waals surface area contributed by atoms with Crippen molar-refractivity contribution in [1.82, 2.24) is 24.7 Å². The highest BCUT2D eigenvalue weighted by Crippen LogP contribution is 2.40. The highest BCUT2D eigenvalue weighted by Gasteiger charge is 2.53. The Morgan fingerprint density at radius 2 is 2.08 bits per heavy atom. The van der Waals surface area contributed by atoms with Gasteiger partial charge in [-0.1, -0.05) is 28.1 Å². The molecule has 0 unspecified atom stereocenters. The van der Waals surface area contributed by atoms with E-state index in [0.717, 1.165) is 27.3 Å². The van der Waals surface area contributed by atoms with Crippen molar-refractivity contribution in [2.24, 2.45) is 5.16 Å². The summed E-state index contributed by atoms with van der Waals surface area (Å²) in [5, 5.41) is 26.9. The van der Waals surface area contributed by atoms with Crippen molar-refractivity contribution in [2.45, 2.75) is 37.5 Å². The lowest BCUT2D eigenvalue weighted by Crippen LogP contribution is -2.71. The van der Waals surface area contributed by atoms with Crippen LogP contribution in [0.25, 0.3) is 11.0 Å². The summed E-state index contributed by atoms with van der Waals surface area (Å²) in [6.07, 6.45) is 1.72. The van der Waals surface area contributed by atoms with E-state index in [1.165, 1.54) is 23.6 Å². The fraction of sp³-hybridized carbons (Fsp3) is 0.357. The molecular formula is C28H29ClN8O9S2. The molecule has 3 aromatic heterocycles. The number of aromatic nitrogens is 3. The normalized spacial score (nSPS) is 18.2. The number of anilines is 1. The van der Waals surface area contributed by atoms with Gasteiger partial charge in [-0.25, -0.2) is 14.6 Å². The number of carbonyl (C=O) groups is 5. The van der Waals surface area contributed by atoms with Crippen LogP contribution in [0.5, 0.6) is 0 Å². The van der Waals surface area contributed by atoms with E-state index >= 15 is 0 Å². The number of nitrogens with two attached hydrogens (primary N) is 1. The maximum atomic E-state index is 13.4. The molecule has 3 amide bonds. The van der Waals surface area contributed by atoms with Crippen LogP contribution in [-0.2, 0) is 41.8 Å². The molecule has 0 aromatic carbocycles. The lowest BCUT2D eigenvalue weighted by Gasteiger charge is -2.50. The zero-order valence-electron chi connectivity index (χ0n) is 25.6. The first-order valence-corrected chi connectivity index (χ1v) is 16.4. The van der Waals surface area contributed by atoms with Gasteiger partial charge in [0.15, 0.2) is 23.6 Å². The van der Waals surface area contributed by atoms with Gasteiger partial charge in [-0.05, 0) is 13.0 Å². The minimum atomic E-state index is -1.55. The third kappa shape index (κ3) is 6.87. The number of carbonyl (C=O) groups excluding carboxylic acids is 4. The molecule has 0 spiro atoms. The van der Waals surface area contributed by atoms with Crippen molar-refractivity contribution in [1.29, 1.82) is 0 Å². The fourth-order valence-electron chi connectivity index (χ4n) is 4.95. The molecule has 3 aromatic rings. The second-order valence-corrected chi connectivity index (χ2v) is 13.5. The van der Waals surface area contributed by atoms with Crippen LogP contribution in [0.3, 0.4) is 0 Å². The van der Waals surface area contributed by atoms with Crippen molar-refractivity contribution in [3.63, 3.8) is 0 Å². The first-order valence-electron chi connectivity index (χ1n) is 14.2. The van der Waals surface area contributed by atoms with E-state index in [4.69, 9.17) is 32.0 Å². The average Bonchev–Trinajstić information content (AvgIpc) is 3.61. The number of aliphatic carboxylic acids is 2.